The van der Waals surface area contributed by atoms with Crippen LogP contribution in [-0.4, -0.2) is 45.7 Å². The Balaban J connectivity index is 1.55. The Morgan fingerprint density at radius 1 is 1.46 bits per heavy atom. The summed E-state index contributed by atoms with van der Waals surface area (Å²) >= 11 is 1.57. The summed E-state index contributed by atoms with van der Waals surface area (Å²) in [5.74, 6) is 0.0866. The van der Waals surface area contributed by atoms with Gasteiger partial charge in [-0.25, -0.2) is 0 Å². The van der Waals surface area contributed by atoms with Gasteiger partial charge in [0.25, 0.3) is 5.91 Å². The van der Waals surface area contributed by atoms with Gasteiger partial charge in [-0.1, -0.05) is 13.0 Å². The molecule has 1 N–H and O–H groups in total. The van der Waals surface area contributed by atoms with Gasteiger partial charge >= 0.3 is 0 Å². The fraction of sp³-hybridized carbons (Fsp3) is 0.381. The fourth-order valence-electron chi connectivity index (χ4n) is 4.01. The third-order valence-corrected chi connectivity index (χ3v) is 6.63. The van der Waals surface area contributed by atoms with Crippen molar-refractivity contribution in [2.75, 3.05) is 13.7 Å². The van der Waals surface area contributed by atoms with Crippen LogP contribution in [0, 0.1) is 0 Å². The van der Waals surface area contributed by atoms with Crippen molar-refractivity contribution in [3.05, 3.63) is 59.5 Å². The second-order valence-electron chi connectivity index (χ2n) is 7.11. The summed E-state index contributed by atoms with van der Waals surface area (Å²) in [7, 11) is 1.74. The molecule has 1 aliphatic heterocycles. The van der Waals surface area contributed by atoms with Crippen LogP contribution in [0.25, 0.3) is 10.4 Å². The van der Waals surface area contributed by atoms with Gasteiger partial charge in [0.1, 0.15) is 5.60 Å². The number of nitrogens with one attached hydrogen (secondary N) is 1. The van der Waals surface area contributed by atoms with Crippen molar-refractivity contribution < 1.29 is 9.53 Å². The largest absolute Gasteiger partial charge is 0.372 e. The van der Waals surface area contributed by atoms with Crippen LogP contribution >= 0.6 is 11.3 Å². The van der Waals surface area contributed by atoms with E-state index in [1.54, 1.807) is 30.8 Å². The summed E-state index contributed by atoms with van der Waals surface area (Å²) in [5, 5.41) is 8.75. The number of H-pyrrole nitrogens is 1. The minimum Gasteiger partial charge on any atom is -0.372 e. The molecule has 6 nitrogen and oxygen atoms in total. The van der Waals surface area contributed by atoms with E-state index in [9.17, 15) is 4.79 Å². The number of amides is 1. The third kappa shape index (κ3) is 3.36. The van der Waals surface area contributed by atoms with Crippen molar-refractivity contribution in [2.24, 2.45) is 0 Å². The van der Waals surface area contributed by atoms with Crippen LogP contribution in [0.4, 0.5) is 0 Å². The van der Waals surface area contributed by atoms with Crippen molar-refractivity contribution in [1.82, 2.24) is 20.1 Å². The van der Waals surface area contributed by atoms with E-state index in [1.807, 2.05) is 40.7 Å². The Morgan fingerprint density at radius 3 is 3.04 bits per heavy atom. The molecule has 0 aliphatic carbocycles. The van der Waals surface area contributed by atoms with E-state index in [1.165, 1.54) is 0 Å². The van der Waals surface area contributed by atoms with Crippen LogP contribution in [-0.2, 0) is 10.3 Å². The van der Waals surface area contributed by atoms with Gasteiger partial charge in [-0.05, 0) is 31.0 Å². The zero-order valence-electron chi connectivity index (χ0n) is 16.1. The number of ether oxygens (including phenoxy) is 1. The second-order valence-corrected chi connectivity index (χ2v) is 8.03. The molecule has 3 aromatic heterocycles. The topological polar surface area (TPSA) is 71.1 Å². The lowest BCUT2D eigenvalue weighted by Gasteiger charge is -2.45. The number of rotatable bonds is 5. The van der Waals surface area contributed by atoms with Crippen molar-refractivity contribution >= 4 is 17.2 Å². The number of likely N-dealkylation sites (tertiary alicyclic amines) is 1. The number of hydrogen-bond donors (Lipinski definition) is 1. The van der Waals surface area contributed by atoms with Crippen LogP contribution in [0.15, 0.2) is 48.2 Å². The molecule has 7 heteroatoms. The molecule has 0 bridgehead atoms. The molecule has 3 aromatic rings. The highest BCUT2D eigenvalue weighted by Crippen LogP contribution is 2.39. The van der Waals surface area contributed by atoms with Crippen molar-refractivity contribution in [3.63, 3.8) is 0 Å². The van der Waals surface area contributed by atoms with Crippen molar-refractivity contribution in [1.29, 1.82) is 0 Å². The van der Waals surface area contributed by atoms with E-state index in [4.69, 9.17) is 4.74 Å². The number of aromatic amines is 1. The van der Waals surface area contributed by atoms with Crippen molar-refractivity contribution in [2.45, 2.75) is 37.8 Å². The number of carbonyl (C=O) groups is 1. The summed E-state index contributed by atoms with van der Waals surface area (Å²) in [6, 6.07) is 7.99. The SMILES string of the molecule is CCC1CC(OC)(c2ccccn2)CCN1C(=O)c1csc(-c2cn[nH]c2)c1. The van der Waals surface area contributed by atoms with E-state index in [2.05, 4.69) is 22.1 Å². The molecule has 1 saturated heterocycles. The first-order valence-corrected chi connectivity index (χ1v) is 10.4. The second kappa shape index (κ2) is 7.85. The molecule has 0 spiro atoms. The lowest BCUT2D eigenvalue weighted by atomic mass is 9.82. The molecule has 1 amide bonds. The molecule has 1 fully saturated rings. The maximum atomic E-state index is 13.2. The third-order valence-electron chi connectivity index (χ3n) is 5.65. The molecular formula is C21H24N4O2S. The van der Waals surface area contributed by atoms with Gasteiger partial charge in [0.15, 0.2) is 0 Å². The number of pyridine rings is 1. The van der Waals surface area contributed by atoms with Crippen LogP contribution in [0.2, 0.25) is 0 Å². The van der Waals surface area contributed by atoms with Gasteiger partial charge in [0.2, 0.25) is 0 Å². The average Bonchev–Trinajstić information content (AvgIpc) is 3.45. The molecule has 2 unspecified atom stereocenters. The first-order chi connectivity index (χ1) is 13.7. The first kappa shape index (κ1) is 18.8. The number of hydrogen-bond acceptors (Lipinski definition) is 5. The summed E-state index contributed by atoms with van der Waals surface area (Å²) in [6.07, 6.45) is 7.79. The fourth-order valence-corrected chi connectivity index (χ4v) is 4.88. The van der Waals surface area contributed by atoms with E-state index in [0.717, 1.165) is 41.0 Å². The Bertz CT molecular complexity index is 925. The molecular weight excluding hydrogens is 372 g/mol. The smallest absolute Gasteiger partial charge is 0.254 e. The minimum absolute atomic E-state index is 0.0866. The summed E-state index contributed by atoms with van der Waals surface area (Å²) in [5.41, 5.74) is 2.25. The van der Waals surface area contributed by atoms with Crippen LogP contribution in [0.5, 0.6) is 0 Å². The number of piperidine rings is 1. The number of methoxy groups -OCH3 is 1. The maximum absolute atomic E-state index is 13.2. The maximum Gasteiger partial charge on any atom is 0.254 e. The van der Waals surface area contributed by atoms with Gasteiger partial charge in [-0.2, -0.15) is 5.10 Å². The molecule has 4 rings (SSSR count). The number of aromatic nitrogens is 3. The van der Waals surface area contributed by atoms with E-state index >= 15 is 0 Å². The van der Waals surface area contributed by atoms with E-state index in [-0.39, 0.29) is 11.9 Å². The van der Waals surface area contributed by atoms with Crippen LogP contribution in [0.3, 0.4) is 0 Å². The number of thiophene rings is 1. The molecule has 2 atom stereocenters. The Morgan fingerprint density at radius 2 is 2.36 bits per heavy atom. The molecule has 146 valence electrons. The summed E-state index contributed by atoms with van der Waals surface area (Å²) in [4.78, 5) is 20.8. The Kier molecular flexibility index (Phi) is 5.28. The molecule has 0 saturated carbocycles. The zero-order valence-corrected chi connectivity index (χ0v) is 16.9. The predicted octanol–water partition coefficient (Wildman–Crippen LogP) is 4.09. The number of carbonyl (C=O) groups excluding carboxylic acids is 1. The summed E-state index contributed by atoms with van der Waals surface area (Å²) in [6.45, 7) is 2.78. The Hall–Kier alpha value is -2.51. The molecule has 0 aromatic carbocycles. The first-order valence-electron chi connectivity index (χ1n) is 9.52. The van der Waals surface area contributed by atoms with E-state index < -0.39 is 5.60 Å². The summed E-state index contributed by atoms with van der Waals surface area (Å²) < 4.78 is 5.97. The van der Waals surface area contributed by atoms with Crippen LogP contribution < -0.4 is 0 Å². The van der Waals surface area contributed by atoms with Gasteiger partial charge < -0.3 is 9.64 Å². The monoisotopic (exact) mass is 396 g/mol. The van der Waals surface area contributed by atoms with Crippen LogP contribution in [0.1, 0.15) is 42.2 Å². The predicted molar refractivity (Wildman–Crippen MR) is 109 cm³/mol. The highest BCUT2D eigenvalue weighted by molar-refractivity contribution is 7.13. The van der Waals surface area contributed by atoms with Crippen molar-refractivity contribution in [3.8, 4) is 10.4 Å². The normalized spacial score (nSPS) is 22.4. The molecule has 4 heterocycles. The standard InChI is InChI=1S/C21H24N4O2S/c1-3-17-11-21(27-2,19-6-4-5-8-22-19)7-9-25(17)20(26)15-10-18(28-14-15)16-12-23-24-13-16/h4-6,8,10,12-14,17H,3,7,9,11H2,1-2H3,(H,23,24). The van der Waals surface area contributed by atoms with Gasteiger partial charge in [-0.15, -0.1) is 11.3 Å². The number of nitrogens with zero attached hydrogens (tertiary/aromatic N) is 3. The molecule has 0 radical (unpaired) electrons. The Labute approximate surface area is 168 Å². The molecule has 1 aliphatic rings. The average molecular weight is 397 g/mol. The lowest BCUT2D eigenvalue weighted by Crippen LogP contribution is -2.52. The minimum atomic E-state index is -0.435. The quantitative estimate of drug-likeness (QED) is 0.705. The van der Waals surface area contributed by atoms with Gasteiger partial charge in [-0.3, -0.25) is 14.9 Å². The molecule has 28 heavy (non-hydrogen) atoms. The highest BCUT2D eigenvalue weighted by Gasteiger charge is 2.43. The highest BCUT2D eigenvalue weighted by atomic mass is 32.1. The van der Waals surface area contributed by atoms with Gasteiger partial charge in [0, 0.05) is 54.3 Å². The van der Waals surface area contributed by atoms with E-state index in [0.29, 0.717) is 6.54 Å². The lowest BCUT2D eigenvalue weighted by molar-refractivity contribution is -0.0785. The van der Waals surface area contributed by atoms with Gasteiger partial charge in [0.05, 0.1) is 17.5 Å². The zero-order chi connectivity index (χ0) is 19.6.